The van der Waals surface area contributed by atoms with Crippen molar-refractivity contribution in [1.29, 1.82) is 0 Å². The van der Waals surface area contributed by atoms with Crippen molar-refractivity contribution in [2.24, 2.45) is 0 Å². The minimum Gasteiger partial charge on any atom is -0.494 e. The topological polar surface area (TPSA) is 85.7 Å². The van der Waals surface area contributed by atoms with E-state index in [1.54, 1.807) is 0 Å². The maximum Gasteiger partial charge on any atom is 0.227 e. The third-order valence-corrected chi connectivity index (χ3v) is 4.29. The number of benzene rings is 2. The maximum absolute atomic E-state index is 14.4. The molecule has 0 aliphatic rings. The number of anilines is 2. The van der Waals surface area contributed by atoms with Gasteiger partial charge in [0.25, 0.3) is 0 Å². The van der Waals surface area contributed by atoms with E-state index in [1.165, 1.54) is 26.6 Å². The van der Waals surface area contributed by atoms with Crippen LogP contribution in [-0.2, 0) is 13.0 Å². The zero-order valence-electron chi connectivity index (χ0n) is 16.5. The van der Waals surface area contributed by atoms with Crippen molar-refractivity contribution in [3.63, 3.8) is 0 Å². The van der Waals surface area contributed by atoms with Gasteiger partial charge in [-0.15, -0.1) is 0 Å². The Bertz CT molecular complexity index is 955. The molecule has 9 heteroatoms. The van der Waals surface area contributed by atoms with Gasteiger partial charge in [0.2, 0.25) is 5.95 Å². The summed E-state index contributed by atoms with van der Waals surface area (Å²) in [5.41, 5.74) is 1.47. The summed E-state index contributed by atoms with van der Waals surface area (Å²) < 4.78 is 44.0. The van der Waals surface area contributed by atoms with Crippen LogP contribution >= 0.6 is 0 Å². The number of nitrogens with one attached hydrogen (secondary N) is 1. The zero-order chi connectivity index (χ0) is 21.5. The van der Waals surface area contributed by atoms with Gasteiger partial charge in [-0.1, -0.05) is 12.1 Å². The molecule has 30 heavy (non-hydrogen) atoms. The summed E-state index contributed by atoms with van der Waals surface area (Å²) in [6.45, 7) is -0.304. The van der Waals surface area contributed by atoms with Gasteiger partial charge in [0.05, 0.1) is 32.2 Å². The predicted molar refractivity (Wildman–Crippen MR) is 106 cm³/mol. The van der Waals surface area contributed by atoms with E-state index in [1.807, 2.05) is 24.3 Å². The number of nitrogens with zero attached hydrogens (tertiary/aromatic N) is 2. The molecule has 1 heterocycles. The van der Waals surface area contributed by atoms with Gasteiger partial charge in [-0.25, -0.2) is 18.7 Å². The van der Waals surface area contributed by atoms with E-state index in [0.717, 1.165) is 17.3 Å². The molecule has 0 aliphatic carbocycles. The molecule has 158 valence electrons. The third kappa shape index (κ3) is 4.93. The molecule has 0 saturated heterocycles. The van der Waals surface area contributed by atoms with Crippen LogP contribution in [0.5, 0.6) is 17.2 Å². The van der Waals surface area contributed by atoms with Crippen molar-refractivity contribution < 1.29 is 28.1 Å². The Morgan fingerprint density at radius 1 is 0.967 bits per heavy atom. The van der Waals surface area contributed by atoms with Crippen molar-refractivity contribution in [1.82, 2.24) is 9.97 Å². The molecule has 0 saturated carbocycles. The molecule has 2 N–H and O–H groups in total. The largest absolute Gasteiger partial charge is 0.494 e. The highest BCUT2D eigenvalue weighted by atomic mass is 19.1. The van der Waals surface area contributed by atoms with Crippen LogP contribution in [-0.4, -0.2) is 35.9 Å². The molecule has 2 aromatic carbocycles. The van der Waals surface area contributed by atoms with Gasteiger partial charge < -0.3 is 24.6 Å². The Balaban J connectivity index is 1.66. The lowest BCUT2D eigenvalue weighted by molar-refractivity contribution is 0.280. The number of ether oxygens (including phenoxy) is 3. The van der Waals surface area contributed by atoms with Crippen LogP contribution in [0.15, 0.2) is 42.7 Å². The summed E-state index contributed by atoms with van der Waals surface area (Å²) in [7, 11) is 2.56. The number of aliphatic hydroxyl groups is 1. The fourth-order valence-corrected chi connectivity index (χ4v) is 2.69. The van der Waals surface area contributed by atoms with Crippen molar-refractivity contribution in [3.05, 3.63) is 65.5 Å². The molecule has 0 atom stereocenters. The van der Waals surface area contributed by atoms with E-state index in [9.17, 15) is 8.78 Å². The Labute approximate surface area is 172 Å². The Morgan fingerprint density at radius 2 is 1.57 bits per heavy atom. The van der Waals surface area contributed by atoms with E-state index in [0.29, 0.717) is 12.4 Å². The number of methoxy groups -OCH3 is 2. The van der Waals surface area contributed by atoms with E-state index in [-0.39, 0.29) is 29.4 Å². The van der Waals surface area contributed by atoms with Crippen LogP contribution in [0.25, 0.3) is 0 Å². The summed E-state index contributed by atoms with van der Waals surface area (Å²) in [5, 5.41) is 12.0. The van der Waals surface area contributed by atoms with Crippen LogP contribution in [0.4, 0.5) is 20.4 Å². The highest BCUT2D eigenvalue weighted by Crippen LogP contribution is 2.32. The molecule has 0 fully saturated rings. The average Bonchev–Trinajstić information content (AvgIpc) is 2.76. The summed E-state index contributed by atoms with van der Waals surface area (Å²) in [6, 6.07) is 8.61. The summed E-state index contributed by atoms with van der Waals surface area (Å²) >= 11 is 0. The lowest BCUT2D eigenvalue weighted by Crippen LogP contribution is -2.06. The van der Waals surface area contributed by atoms with E-state index < -0.39 is 18.2 Å². The van der Waals surface area contributed by atoms with Crippen molar-refractivity contribution >= 4 is 11.6 Å². The third-order valence-electron chi connectivity index (χ3n) is 4.29. The Hall–Kier alpha value is -3.46. The average molecular weight is 417 g/mol. The van der Waals surface area contributed by atoms with Gasteiger partial charge in [0.1, 0.15) is 6.61 Å². The summed E-state index contributed by atoms with van der Waals surface area (Å²) in [6.07, 6.45) is 3.37. The lowest BCUT2D eigenvalue weighted by Gasteiger charge is -2.13. The number of rotatable bonds is 9. The van der Waals surface area contributed by atoms with Gasteiger partial charge in [-0.2, -0.15) is 0 Å². The maximum atomic E-state index is 14.4. The summed E-state index contributed by atoms with van der Waals surface area (Å²) in [5.74, 6) is -1.45. The second kappa shape index (κ2) is 9.84. The smallest absolute Gasteiger partial charge is 0.227 e. The SMILES string of the molecule is COc1cc(OC)c(F)c(COc2cnc(Nc3ccc(CCO)cc3)nc2)c1F. The molecule has 3 aromatic rings. The number of aliphatic hydroxyl groups excluding tert-OH is 1. The highest BCUT2D eigenvalue weighted by molar-refractivity contribution is 5.53. The standard InChI is InChI=1S/C21H21F2N3O4/c1-28-17-9-18(29-2)20(23)16(19(17)22)12-30-15-10-24-21(25-11-15)26-14-5-3-13(4-6-14)7-8-27/h3-6,9-11,27H,7-8,12H2,1-2H3,(H,24,25,26). The molecular formula is C21H21F2N3O4. The predicted octanol–water partition coefficient (Wildman–Crippen LogP) is 3.63. The number of hydrogen-bond acceptors (Lipinski definition) is 7. The molecule has 1 aromatic heterocycles. The Morgan fingerprint density at radius 3 is 2.10 bits per heavy atom. The first-order valence-corrected chi connectivity index (χ1v) is 9.06. The van der Waals surface area contributed by atoms with Crippen molar-refractivity contribution in [2.75, 3.05) is 26.1 Å². The number of hydrogen-bond donors (Lipinski definition) is 2. The fraction of sp³-hybridized carbons (Fsp3) is 0.238. The van der Waals surface area contributed by atoms with E-state index in [2.05, 4.69) is 15.3 Å². The molecule has 0 aliphatic heterocycles. The van der Waals surface area contributed by atoms with Crippen LogP contribution in [0.1, 0.15) is 11.1 Å². The molecule has 0 bridgehead atoms. The van der Waals surface area contributed by atoms with Gasteiger partial charge in [0, 0.05) is 18.4 Å². The molecule has 0 spiro atoms. The first kappa shape index (κ1) is 21.3. The molecular weight excluding hydrogens is 396 g/mol. The van der Waals surface area contributed by atoms with Gasteiger partial charge in [0.15, 0.2) is 28.9 Å². The second-order valence-electron chi connectivity index (χ2n) is 6.21. The van der Waals surface area contributed by atoms with Crippen LogP contribution in [0.3, 0.4) is 0 Å². The lowest BCUT2D eigenvalue weighted by atomic mass is 10.1. The first-order valence-electron chi connectivity index (χ1n) is 9.06. The van der Waals surface area contributed by atoms with Crippen molar-refractivity contribution in [2.45, 2.75) is 13.0 Å². The van der Waals surface area contributed by atoms with Crippen molar-refractivity contribution in [3.8, 4) is 17.2 Å². The van der Waals surface area contributed by atoms with Crippen LogP contribution in [0.2, 0.25) is 0 Å². The minimum atomic E-state index is -0.861. The molecule has 0 radical (unpaired) electrons. The van der Waals surface area contributed by atoms with E-state index in [4.69, 9.17) is 19.3 Å². The van der Waals surface area contributed by atoms with Crippen LogP contribution < -0.4 is 19.5 Å². The second-order valence-corrected chi connectivity index (χ2v) is 6.21. The number of aromatic nitrogens is 2. The fourth-order valence-electron chi connectivity index (χ4n) is 2.69. The first-order chi connectivity index (χ1) is 14.5. The normalized spacial score (nSPS) is 10.6. The molecule has 0 unspecified atom stereocenters. The van der Waals surface area contributed by atoms with Gasteiger partial charge >= 0.3 is 0 Å². The number of halogens is 2. The quantitative estimate of drug-likeness (QED) is 0.550. The molecule has 7 nitrogen and oxygen atoms in total. The minimum absolute atomic E-state index is 0.0910. The van der Waals surface area contributed by atoms with Crippen LogP contribution in [0, 0.1) is 11.6 Å². The van der Waals surface area contributed by atoms with Gasteiger partial charge in [-0.05, 0) is 24.1 Å². The van der Waals surface area contributed by atoms with E-state index >= 15 is 0 Å². The molecule has 3 rings (SSSR count). The molecule has 0 amide bonds. The van der Waals surface area contributed by atoms with Gasteiger partial charge in [-0.3, -0.25) is 0 Å². The monoisotopic (exact) mass is 417 g/mol. The Kier molecular flexibility index (Phi) is 6.97. The highest BCUT2D eigenvalue weighted by Gasteiger charge is 2.20. The zero-order valence-corrected chi connectivity index (χ0v) is 16.5. The summed E-state index contributed by atoms with van der Waals surface area (Å²) in [4.78, 5) is 8.27.